The second kappa shape index (κ2) is 3.90. The van der Waals surface area contributed by atoms with Gasteiger partial charge in [0.1, 0.15) is 5.82 Å². The Morgan fingerprint density at radius 3 is 2.71 bits per heavy atom. The quantitative estimate of drug-likeness (QED) is 0.804. The number of halogens is 1. The molecular formula is C11H10FNS. The zero-order valence-corrected chi connectivity index (χ0v) is 8.35. The summed E-state index contributed by atoms with van der Waals surface area (Å²) in [6.07, 6.45) is 0. The summed E-state index contributed by atoms with van der Waals surface area (Å²) in [5.41, 5.74) is 7.05. The van der Waals surface area contributed by atoms with Crippen LogP contribution < -0.4 is 5.73 Å². The maximum absolute atomic E-state index is 13.4. The lowest BCUT2D eigenvalue weighted by Crippen LogP contribution is -1.91. The first-order chi connectivity index (χ1) is 6.81. The standard InChI is InChI=1S/C11H10FNS/c12-11-4-2-1-3-10(11)8-5-9(6-13)14-7-8/h1-5,7H,6,13H2. The minimum absolute atomic E-state index is 0.186. The van der Waals surface area contributed by atoms with E-state index < -0.39 is 0 Å². The Bertz CT molecular complexity index is 436. The molecule has 2 rings (SSSR count). The number of rotatable bonds is 2. The molecule has 2 aromatic rings. The summed E-state index contributed by atoms with van der Waals surface area (Å²) >= 11 is 1.56. The van der Waals surface area contributed by atoms with E-state index in [0.717, 1.165) is 10.4 Å². The molecule has 72 valence electrons. The number of hydrogen-bond acceptors (Lipinski definition) is 2. The normalized spacial score (nSPS) is 10.4. The molecule has 0 bridgehead atoms. The first-order valence-corrected chi connectivity index (χ1v) is 5.21. The van der Waals surface area contributed by atoms with Crippen LogP contribution in [0.2, 0.25) is 0 Å². The van der Waals surface area contributed by atoms with Crippen LogP contribution >= 0.6 is 11.3 Å². The predicted octanol–water partition coefficient (Wildman–Crippen LogP) is 3.01. The summed E-state index contributed by atoms with van der Waals surface area (Å²) in [7, 11) is 0. The van der Waals surface area contributed by atoms with E-state index in [1.54, 1.807) is 23.5 Å². The molecule has 1 heterocycles. The predicted molar refractivity (Wildman–Crippen MR) is 57.6 cm³/mol. The van der Waals surface area contributed by atoms with Crippen molar-refractivity contribution in [2.75, 3.05) is 0 Å². The fourth-order valence-electron chi connectivity index (χ4n) is 1.32. The molecule has 14 heavy (non-hydrogen) atoms. The van der Waals surface area contributed by atoms with Crippen LogP contribution in [-0.4, -0.2) is 0 Å². The van der Waals surface area contributed by atoms with Crippen LogP contribution in [0.5, 0.6) is 0 Å². The van der Waals surface area contributed by atoms with Gasteiger partial charge in [0.25, 0.3) is 0 Å². The number of nitrogens with two attached hydrogens (primary N) is 1. The van der Waals surface area contributed by atoms with Crippen molar-refractivity contribution in [3.63, 3.8) is 0 Å². The summed E-state index contributed by atoms with van der Waals surface area (Å²) in [6, 6.07) is 8.70. The van der Waals surface area contributed by atoms with Gasteiger partial charge in [0.05, 0.1) is 0 Å². The highest BCUT2D eigenvalue weighted by Gasteiger charge is 2.05. The maximum atomic E-state index is 13.4. The topological polar surface area (TPSA) is 26.0 Å². The number of thiophene rings is 1. The largest absolute Gasteiger partial charge is 0.326 e. The fraction of sp³-hybridized carbons (Fsp3) is 0.0909. The summed E-state index contributed by atoms with van der Waals surface area (Å²) < 4.78 is 13.4. The van der Waals surface area contributed by atoms with Crippen LogP contribution in [-0.2, 0) is 6.54 Å². The van der Waals surface area contributed by atoms with E-state index in [1.165, 1.54) is 6.07 Å². The van der Waals surface area contributed by atoms with Gasteiger partial charge in [-0.05, 0) is 23.1 Å². The van der Waals surface area contributed by atoms with E-state index in [2.05, 4.69) is 0 Å². The summed E-state index contributed by atoms with van der Waals surface area (Å²) in [6.45, 7) is 0.513. The SMILES string of the molecule is NCc1cc(-c2ccccc2F)cs1. The molecule has 3 heteroatoms. The van der Waals surface area contributed by atoms with Gasteiger partial charge >= 0.3 is 0 Å². The minimum atomic E-state index is -0.186. The molecule has 0 aliphatic heterocycles. The highest BCUT2D eigenvalue weighted by molar-refractivity contribution is 7.10. The van der Waals surface area contributed by atoms with E-state index in [0.29, 0.717) is 12.1 Å². The molecule has 0 saturated heterocycles. The van der Waals surface area contributed by atoms with Gasteiger partial charge in [-0.2, -0.15) is 0 Å². The molecule has 0 aliphatic carbocycles. The van der Waals surface area contributed by atoms with Crippen LogP contribution in [0.1, 0.15) is 4.88 Å². The molecule has 2 N–H and O–H groups in total. The second-order valence-electron chi connectivity index (χ2n) is 2.99. The van der Waals surface area contributed by atoms with Crippen molar-refractivity contribution in [1.29, 1.82) is 0 Å². The zero-order valence-electron chi connectivity index (χ0n) is 7.53. The highest BCUT2D eigenvalue weighted by atomic mass is 32.1. The van der Waals surface area contributed by atoms with E-state index in [9.17, 15) is 4.39 Å². The van der Waals surface area contributed by atoms with Crippen molar-refractivity contribution in [3.05, 3.63) is 46.4 Å². The van der Waals surface area contributed by atoms with Gasteiger partial charge in [-0.1, -0.05) is 18.2 Å². The van der Waals surface area contributed by atoms with Crippen molar-refractivity contribution < 1.29 is 4.39 Å². The second-order valence-corrected chi connectivity index (χ2v) is 3.98. The van der Waals surface area contributed by atoms with E-state index in [1.807, 2.05) is 17.5 Å². The van der Waals surface area contributed by atoms with Crippen molar-refractivity contribution in [2.24, 2.45) is 5.73 Å². The Morgan fingerprint density at radius 2 is 2.07 bits per heavy atom. The van der Waals surface area contributed by atoms with Gasteiger partial charge in [0.2, 0.25) is 0 Å². The molecular weight excluding hydrogens is 197 g/mol. The average molecular weight is 207 g/mol. The minimum Gasteiger partial charge on any atom is -0.326 e. The summed E-state index contributed by atoms with van der Waals surface area (Å²) in [4.78, 5) is 1.07. The molecule has 0 unspecified atom stereocenters. The molecule has 1 aromatic carbocycles. The Kier molecular flexibility index (Phi) is 2.61. The van der Waals surface area contributed by atoms with Crippen LogP contribution in [0.25, 0.3) is 11.1 Å². The molecule has 0 radical (unpaired) electrons. The number of hydrogen-bond donors (Lipinski definition) is 1. The monoisotopic (exact) mass is 207 g/mol. The lowest BCUT2D eigenvalue weighted by Gasteiger charge is -1.98. The Hall–Kier alpha value is -1.19. The molecule has 0 atom stereocenters. The van der Waals surface area contributed by atoms with Crippen LogP contribution in [0.15, 0.2) is 35.7 Å². The van der Waals surface area contributed by atoms with Gasteiger partial charge < -0.3 is 5.73 Å². The lowest BCUT2D eigenvalue weighted by atomic mass is 10.1. The Morgan fingerprint density at radius 1 is 1.29 bits per heavy atom. The molecule has 0 amide bonds. The maximum Gasteiger partial charge on any atom is 0.131 e. The Balaban J connectivity index is 2.44. The first kappa shape index (κ1) is 9.37. The lowest BCUT2D eigenvalue weighted by molar-refractivity contribution is 0.631. The van der Waals surface area contributed by atoms with Crippen molar-refractivity contribution in [3.8, 4) is 11.1 Å². The molecule has 0 spiro atoms. The van der Waals surface area contributed by atoms with Crippen LogP contribution in [0.3, 0.4) is 0 Å². The third-order valence-electron chi connectivity index (χ3n) is 2.04. The van der Waals surface area contributed by atoms with Gasteiger partial charge in [-0.25, -0.2) is 4.39 Å². The van der Waals surface area contributed by atoms with Crippen LogP contribution in [0, 0.1) is 5.82 Å². The highest BCUT2D eigenvalue weighted by Crippen LogP contribution is 2.27. The van der Waals surface area contributed by atoms with E-state index in [-0.39, 0.29) is 5.82 Å². The molecule has 0 aliphatic rings. The Labute approximate surface area is 86.0 Å². The third kappa shape index (κ3) is 1.69. The van der Waals surface area contributed by atoms with Gasteiger partial charge in [-0.3, -0.25) is 0 Å². The zero-order chi connectivity index (χ0) is 9.97. The summed E-state index contributed by atoms with van der Waals surface area (Å²) in [5, 5.41) is 1.93. The fourth-order valence-corrected chi connectivity index (χ4v) is 2.09. The van der Waals surface area contributed by atoms with E-state index in [4.69, 9.17) is 5.73 Å². The van der Waals surface area contributed by atoms with Crippen LogP contribution in [0.4, 0.5) is 4.39 Å². The average Bonchev–Trinajstić information content (AvgIpc) is 2.67. The third-order valence-corrected chi connectivity index (χ3v) is 3.00. The molecule has 0 saturated carbocycles. The van der Waals surface area contributed by atoms with E-state index >= 15 is 0 Å². The van der Waals surface area contributed by atoms with Crippen molar-refractivity contribution >= 4 is 11.3 Å². The van der Waals surface area contributed by atoms with Crippen molar-refractivity contribution in [2.45, 2.75) is 6.54 Å². The smallest absolute Gasteiger partial charge is 0.131 e. The van der Waals surface area contributed by atoms with Crippen molar-refractivity contribution in [1.82, 2.24) is 0 Å². The molecule has 0 fully saturated rings. The summed E-state index contributed by atoms with van der Waals surface area (Å²) in [5.74, 6) is -0.186. The van der Waals surface area contributed by atoms with Gasteiger partial charge in [-0.15, -0.1) is 11.3 Å². The number of benzene rings is 1. The molecule has 1 aromatic heterocycles. The first-order valence-electron chi connectivity index (χ1n) is 4.33. The van der Waals surface area contributed by atoms with Gasteiger partial charge in [0.15, 0.2) is 0 Å². The molecule has 1 nitrogen and oxygen atoms in total. The van der Waals surface area contributed by atoms with Gasteiger partial charge in [0, 0.05) is 17.0 Å².